The maximum Gasteiger partial charge on any atom is 0.247 e. The molecule has 0 aliphatic heterocycles. The molecule has 0 aliphatic rings. The summed E-state index contributed by atoms with van der Waals surface area (Å²) in [6.07, 6.45) is 2.23. The molecule has 460 valence electrons. The summed E-state index contributed by atoms with van der Waals surface area (Å²) in [7, 11) is 0. The number of aliphatic hydroxyl groups is 1. The van der Waals surface area contributed by atoms with Gasteiger partial charge in [-0.05, 0) is 73.5 Å². The third-order valence-corrected chi connectivity index (χ3v) is 15.2. The Morgan fingerprint density at radius 1 is 0.558 bits per heavy atom. The van der Waals surface area contributed by atoms with Crippen molar-refractivity contribution in [3.05, 3.63) is 144 Å². The van der Waals surface area contributed by atoms with Gasteiger partial charge in [0.15, 0.2) is 5.78 Å². The van der Waals surface area contributed by atoms with Crippen molar-refractivity contribution in [3.8, 4) is 0 Å². The van der Waals surface area contributed by atoms with Gasteiger partial charge < -0.3 is 74.8 Å². The molecule has 4 aromatic carbocycles. The number of carbonyl (C=O) groups excluding carboxylic acids is 9. The van der Waals surface area contributed by atoms with Gasteiger partial charge in [-0.15, -0.1) is 0 Å². The Balaban J connectivity index is 1.30. The van der Waals surface area contributed by atoms with Crippen LogP contribution in [-0.4, -0.2) is 165 Å². The van der Waals surface area contributed by atoms with Crippen molar-refractivity contribution in [1.29, 1.82) is 0 Å². The van der Waals surface area contributed by atoms with Crippen LogP contribution in [-0.2, 0) is 68.8 Å². The molecule has 26 heteroatoms. The zero-order chi connectivity index (χ0) is 62.3. The predicted octanol–water partition coefficient (Wildman–Crippen LogP) is -0.717. The summed E-state index contributed by atoms with van der Waals surface area (Å²) in [4.78, 5) is 133. The number of hydrogen-bond acceptors (Lipinski definition) is 16. The second-order valence-corrected chi connectivity index (χ2v) is 21.7. The highest BCUT2D eigenvalue weighted by Gasteiger charge is 2.37. The number of ketones is 1. The molecular formula is C60H78N14O10S2. The minimum absolute atomic E-state index is 0.0290. The Kier molecular flexibility index (Phi) is 26.1. The SMILES string of the molecule is C[C@@H](O)[C@H](NC(=O)[C@H](CCCCN)NC(=O)[C@@H](Cc1c[nH]c2ccccc12)NC(=O)[C@H](Cc1c[nH]c2ccccc12)NC(=O)[C@H](Cc1ccccc1)NCC(=O)C(N)CS)C(=O)N[C@@H](Cc1ccccc1)C(=O)N(CNC(=O)C(N)CS)CC(N)=O. The minimum atomic E-state index is -1.76. The molecule has 0 radical (unpaired) electrons. The van der Waals surface area contributed by atoms with Crippen molar-refractivity contribution in [3.63, 3.8) is 0 Å². The number of H-pyrrole nitrogens is 2. The molecule has 6 rings (SSSR count). The number of para-hydroxylation sites is 2. The standard InChI is InChI=1S/C60H78N14O10S2/c1-35(75)53(59(83)72-50(25-37-16-6-3-7-17-37)60(84)74(31-52(64)77)34-68-54(78)43(63)33-86)73-55(79)46(22-12-13-23-61)69-57(81)48(26-38-28-65-44-20-10-8-18-40(38)44)71-58(82)49(27-39-29-66-45-21-11-9-19-41(39)45)70-56(80)47(24-36-14-4-2-5-15-36)67-30-51(76)42(62)32-85/h2-11,14-21,28-29,35,42-43,46-50,53,65-67,75,85-86H,12-13,22-27,30-34,61-63H2,1H3,(H2,64,77)(H,68,78)(H,69,81)(H,70,80)(H,71,82)(H,72,83)(H,73,79)/t35-,42?,43?,46+,47+,48-,49+,50+,53+/m1/s1. The molecule has 6 aromatic rings. The van der Waals surface area contributed by atoms with Crippen molar-refractivity contribution in [1.82, 2.24) is 52.1 Å². The molecule has 0 saturated heterocycles. The predicted molar refractivity (Wildman–Crippen MR) is 333 cm³/mol. The highest BCUT2D eigenvalue weighted by atomic mass is 32.1. The number of aromatic nitrogens is 2. The Morgan fingerprint density at radius 3 is 1.52 bits per heavy atom. The van der Waals surface area contributed by atoms with Gasteiger partial charge in [-0.1, -0.05) is 97.1 Å². The van der Waals surface area contributed by atoms with Gasteiger partial charge in [0.25, 0.3) is 0 Å². The molecule has 2 heterocycles. The lowest BCUT2D eigenvalue weighted by Crippen LogP contribution is -2.62. The van der Waals surface area contributed by atoms with Crippen LogP contribution >= 0.6 is 25.3 Å². The van der Waals surface area contributed by atoms with Crippen LogP contribution in [0.5, 0.6) is 0 Å². The topological polar surface area (TPSA) is 397 Å². The molecule has 24 nitrogen and oxygen atoms in total. The lowest BCUT2D eigenvalue weighted by atomic mass is 10.00. The number of primary amides is 1. The molecule has 18 N–H and O–H groups in total. The average molecular weight is 1220 g/mol. The molecule has 86 heavy (non-hydrogen) atoms. The molecule has 8 amide bonds. The van der Waals surface area contributed by atoms with E-state index in [1.165, 1.54) is 6.92 Å². The van der Waals surface area contributed by atoms with Crippen LogP contribution in [0.2, 0.25) is 0 Å². The number of aliphatic hydroxyl groups excluding tert-OH is 1. The number of amides is 8. The van der Waals surface area contributed by atoms with E-state index in [1.807, 2.05) is 66.7 Å². The van der Waals surface area contributed by atoms with E-state index < -0.39 is 115 Å². The quantitative estimate of drug-likeness (QED) is 0.0133. The van der Waals surface area contributed by atoms with Gasteiger partial charge in [-0.3, -0.25) is 48.5 Å². The Bertz CT molecular complexity index is 3260. The van der Waals surface area contributed by atoms with Gasteiger partial charge >= 0.3 is 0 Å². The van der Waals surface area contributed by atoms with E-state index in [4.69, 9.17) is 22.9 Å². The van der Waals surface area contributed by atoms with Gasteiger partial charge in [-0.2, -0.15) is 25.3 Å². The summed E-state index contributed by atoms with van der Waals surface area (Å²) in [5, 5.41) is 31.9. The number of carbonyl (C=O) groups is 9. The molecule has 9 atom stereocenters. The summed E-state index contributed by atoms with van der Waals surface area (Å²) >= 11 is 8.20. The van der Waals surface area contributed by atoms with Crippen molar-refractivity contribution in [2.24, 2.45) is 22.9 Å². The molecule has 2 unspecified atom stereocenters. The summed E-state index contributed by atoms with van der Waals surface area (Å²) in [6.45, 7) is -0.0323. The monoisotopic (exact) mass is 1220 g/mol. The van der Waals surface area contributed by atoms with Crippen molar-refractivity contribution >= 4 is 100 Å². The maximum atomic E-state index is 15.1. The summed E-state index contributed by atoms with van der Waals surface area (Å²) in [5.74, 6) is -7.02. The van der Waals surface area contributed by atoms with E-state index in [0.717, 1.165) is 32.3 Å². The van der Waals surface area contributed by atoms with Crippen LogP contribution in [0.15, 0.2) is 122 Å². The second-order valence-electron chi connectivity index (χ2n) is 20.9. The average Bonchev–Trinajstić information content (AvgIpc) is 2.90. The Hall–Kier alpha value is -8.11. The first-order chi connectivity index (χ1) is 41.3. The van der Waals surface area contributed by atoms with Gasteiger partial charge in [0.05, 0.1) is 37.4 Å². The first-order valence-electron chi connectivity index (χ1n) is 28.2. The van der Waals surface area contributed by atoms with E-state index >= 15 is 9.59 Å². The van der Waals surface area contributed by atoms with Crippen molar-refractivity contribution in [2.75, 3.05) is 37.8 Å². The lowest BCUT2D eigenvalue weighted by molar-refractivity contribution is -0.141. The van der Waals surface area contributed by atoms with Crippen LogP contribution < -0.4 is 60.2 Å². The van der Waals surface area contributed by atoms with Crippen molar-refractivity contribution < 1.29 is 48.3 Å². The lowest BCUT2D eigenvalue weighted by Gasteiger charge is -2.30. The molecule has 0 bridgehead atoms. The fourth-order valence-electron chi connectivity index (χ4n) is 9.58. The number of thiol groups is 2. The minimum Gasteiger partial charge on any atom is -0.391 e. The van der Waals surface area contributed by atoms with E-state index in [0.29, 0.717) is 29.5 Å². The van der Waals surface area contributed by atoms with E-state index in [1.54, 1.807) is 54.9 Å². The van der Waals surface area contributed by atoms with Crippen LogP contribution in [0.25, 0.3) is 21.8 Å². The molecule has 0 saturated carbocycles. The zero-order valence-corrected chi connectivity index (χ0v) is 49.5. The number of benzene rings is 4. The summed E-state index contributed by atoms with van der Waals surface area (Å²) in [5.41, 5.74) is 27.3. The molecule has 0 aliphatic carbocycles. The fourth-order valence-corrected chi connectivity index (χ4v) is 9.95. The molecule has 2 aromatic heterocycles. The third kappa shape index (κ3) is 19.7. The number of nitrogens with two attached hydrogens (primary N) is 4. The second kappa shape index (κ2) is 33.5. The fraction of sp³-hybridized carbons (Fsp3) is 0.383. The maximum absolute atomic E-state index is 15.1. The van der Waals surface area contributed by atoms with Gasteiger partial charge in [0.1, 0.15) is 36.8 Å². The first kappa shape index (κ1) is 67.0. The molecular weight excluding hydrogens is 1140 g/mol. The Morgan fingerprint density at radius 2 is 1.02 bits per heavy atom. The van der Waals surface area contributed by atoms with Crippen LogP contribution in [0.4, 0.5) is 0 Å². The number of Topliss-reactive ketones (excluding diaryl/α,β-unsaturated/α-hetero) is 1. The smallest absolute Gasteiger partial charge is 0.247 e. The van der Waals surface area contributed by atoms with Gasteiger partial charge in [-0.25, -0.2) is 0 Å². The highest BCUT2D eigenvalue weighted by Crippen LogP contribution is 2.22. The van der Waals surface area contributed by atoms with Gasteiger partial charge in [0, 0.05) is 65.0 Å². The van der Waals surface area contributed by atoms with Gasteiger partial charge in [0.2, 0.25) is 47.3 Å². The van der Waals surface area contributed by atoms with E-state index in [9.17, 15) is 38.7 Å². The number of nitrogens with one attached hydrogen (secondary N) is 9. The molecule has 0 fully saturated rings. The van der Waals surface area contributed by atoms with E-state index in [2.05, 4.69) is 72.4 Å². The van der Waals surface area contributed by atoms with Crippen LogP contribution in [0.1, 0.15) is 48.4 Å². The number of hydrogen-bond donors (Lipinski definition) is 16. The number of rotatable bonds is 35. The first-order valence-corrected chi connectivity index (χ1v) is 29.5. The Labute approximate surface area is 509 Å². The van der Waals surface area contributed by atoms with E-state index in [-0.39, 0.29) is 62.5 Å². The summed E-state index contributed by atoms with van der Waals surface area (Å²) in [6, 6.07) is 21.9. The highest BCUT2D eigenvalue weighted by molar-refractivity contribution is 7.80. The number of fused-ring (bicyclic) bond motifs is 2. The largest absolute Gasteiger partial charge is 0.391 e. The normalized spacial score (nSPS) is 14.5. The summed E-state index contributed by atoms with van der Waals surface area (Å²) < 4.78 is 0. The third-order valence-electron chi connectivity index (χ3n) is 14.4. The number of unbranched alkanes of at least 4 members (excludes halogenated alkanes) is 1. The zero-order valence-electron chi connectivity index (χ0n) is 47.7. The molecule has 0 spiro atoms. The van der Waals surface area contributed by atoms with Crippen molar-refractivity contribution in [2.45, 2.75) is 106 Å². The number of nitrogens with zero attached hydrogens (tertiary/aromatic N) is 1. The number of aromatic amines is 2. The van der Waals surface area contributed by atoms with Crippen LogP contribution in [0.3, 0.4) is 0 Å². The van der Waals surface area contributed by atoms with Crippen LogP contribution in [0, 0.1) is 0 Å².